The molecule has 6 nitrogen and oxygen atoms in total. The first-order valence-corrected chi connectivity index (χ1v) is 7.69. The Bertz CT molecular complexity index is 659. The van der Waals surface area contributed by atoms with Crippen LogP contribution in [0.5, 0.6) is 11.5 Å². The van der Waals surface area contributed by atoms with E-state index in [1.165, 1.54) is 4.90 Å². The Kier molecular flexibility index (Phi) is 3.98. The quantitative estimate of drug-likeness (QED) is 0.868. The molecule has 122 valence electrons. The van der Waals surface area contributed by atoms with Crippen LogP contribution in [-0.2, 0) is 0 Å². The standard InChI is InChI=1S/C17H19NO5/c1-2-22-14-10-12(11-19)9-13-3-4-17(23-15(13)14)5-7-18(8-6-17)16(20)21/h3-4,9-11H,2,5-8H2,1H3,(H,20,21). The van der Waals surface area contributed by atoms with Gasteiger partial charge in [-0.05, 0) is 25.1 Å². The number of likely N-dealkylation sites (tertiary alicyclic amines) is 1. The summed E-state index contributed by atoms with van der Waals surface area (Å²) in [4.78, 5) is 23.5. The topological polar surface area (TPSA) is 76.1 Å². The van der Waals surface area contributed by atoms with E-state index >= 15 is 0 Å². The number of amides is 1. The first-order chi connectivity index (χ1) is 11.1. The highest BCUT2D eigenvalue weighted by atomic mass is 16.5. The molecule has 1 aromatic carbocycles. The van der Waals surface area contributed by atoms with E-state index in [0.717, 1.165) is 11.8 Å². The number of benzene rings is 1. The van der Waals surface area contributed by atoms with Crippen molar-refractivity contribution in [1.29, 1.82) is 0 Å². The Labute approximate surface area is 134 Å². The number of nitrogens with zero attached hydrogens (tertiary/aromatic N) is 1. The Balaban J connectivity index is 1.89. The molecule has 0 unspecified atom stereocenters. The summed E-state index contributed by atoms with van der Waals surface area (Å²) in [6.07, 6.45) is 4.98. The van der Waals surface area contributed by atoms with Crippen molar-refractivity contribution in [2.45, 2.75) is 25.4 Å². The molecule has 1 amide bonds. The number of hydrogen-bond acceptors (Lipinski definition) is 4. The SMILES string of the molecule is CCOc1cc(C=O)cc2c1OC1(C=C2)CCN(C(=O)O)CC1. The molecule has 0 saturated carbocycles. The van der Waals surface area contributed by atoms with Gasteiger partial charge in [0.1, 0.15) is 11.9 Å². The maximum atomic E-state index is 11.1. The van der Waals surface area contributed by atoms with E-state index in [0.29, 0.717) is 49.6 Å². The van der Waals surface area contributed by atoms with Crippen LogP contribution in [-0.4, -0.2) is 47.7 Å². The van der Waals surface area contributed by atoms with Crippen molar-refractivity contribution in [1.82, 2.24) is 4.90 Å². The van der Waals surface area contributed by atoms with Gasteiger partial charge in [-0.25, -0.2) is 4.79 Å². The molecular weight excluding hydrogens is 298 g/mol. The molecule has 0 atom stereocenters. The van der Waals surface area contributed by atoms with Crippen LogP contribution in [0.15, 0.2) is 18.2 Å². The molecule has 6 heteroatoms. The third-order valence-electron chi connectivity index (χ3n) is 4.29. The second-order valence-corrected chi connectivity index (χ2v) is 5.76. The Morgan fingerprint density at radius 1 is 1.43 bits per heavy atom. The van der Waals surface area contributed by atoms with E-state index in [-0.39, 0.29) is 0 Å². The van der Waals surface area contributed by atoms with E-state index in [2.05, 4.69) is 0 Å². The van der Waals surface area contributed by atoms with Crippen LogP contribution in [0.2, 0.25) is 0 Å². The minimum absolute atomic E-state index is 0.436. The summed E-state index contributed by atoms with van der Waals surface area (Å²) in [5.41, 5.74) is 0.842. The van der Waals surface area contributed by atoms with Crippen LogP contribution in [0.4, 0.5) is 4.79 Å². The average molecular weight is 317 g/mol. The molecule has 3 rings (SSSR count). The zero-order chi connectivity index (χ0) is 16.4. The van der Waals surface area contributed by atoms with Crippen LogP contribution in [0, 0.1) is 0 Å². The number of rotatable bonds is 3. The average Bonchev–Trinajstić information content (AvgIpc) is 2.56. The third-order valence-corrected chi connectivity index (χ3v) is 4.29. The molecule has 2 aliphatic rings. The second-order valence-electron chi connectivity index (χ2n) is 5.76. The van der Waals surface area contributed by atoms with E-state index in [1.54, 1.807) is 12.1 Å². The van der Waals surface area contributed by atoms with Gasteiger partial charge in [-0.1, -0.05) is 6.08 Å². The van der Waals surface area contributed by atoms with E-state index < -0.39 is 11.7 Å². The van der Waals surface area contributed by atoms with Gasteiger partial charge < -0.3 is 19.5 Å². The molecule has 0 radical (unpaired) electrons. The highest BCUT2D eigenvalue weighted by molar-refractivity contribution is 5.80. The number of fused-ring (bicyclic) bond motifs is 1. The number of hydrogen-bond donors (Lipinski definition) is 1. The van der Waals surface area contributed by atoms with Crippen molar-refractivity contribution in [2.75, 3.05) is 19.7 Å². The van der Waals surface area contributed by atoms with Gasteiger partial charge in [-0.15, -0.1) is 0 Å². The number of carbonyl (C=O) groups is 2. The first-order valence-electron chi connectivity index (χ1n) is 7.69. The van der Waals surface area contributed by atoms with Crippen molar-refractivity contribution in [3.8, 4) is 11.5 Å². The highest BCUT2D eigenvalue weighted by Gasteiger charge is 2.39. The van der Waals surface area contributed by atoms with Gasteiger partial charge in [-0.3, -0.25) is 4.79 Å². The summed E-state index contributed by atoms with van der Waals surface area (Å²) in [6, 6.07) is 3.44. The van der Waals surface area contributed by atoms with E-state index in [1.807, 2.05) is 19.1 Å². The van der Waals surface area contributed by atoms with Crippen LogP contribution >= 0.6 is 0 Å². The number of carbonyl (C=O) groups excluding carboxylic acids is 1. The Morgan fingerprint density at radius 3 is 2.78 bits per heavy atom. The predicted octanol–water partition coefficient (Wildman–Crippen LogP) is 2.82. The van der Waals surface area contributed by atoms with Gasteiger partial charge >= 0.3 is 6.09 Å². The molecule has 0 bridgehead atoms. The maximum Gasteiger partial charge on any atom is 0.407 e. The van der Waals surface area contributed by atoms with Crippen molar-refractivity contribution in [3.05, 3.63) is 29.3 Å². The van der Waals surface area contributed by atoms with Crippen LogP contribution < -0.4 is 9.47 Å². The fourth-order valence-corrected chi connectivity index (χ4v) is 3.03. The smallest absolute Gasteiger partial charge is 0.407 e. The summed E-state index contributed by atoms with van der Waals surface area (Å²) < 4.78 is 11.8. The monoisotopic (exact) mass is 317 g/mol. The van der Waals surface area contributed by atoms with Gasteiger partial charge in [0.2, 0.25) is 0 Å². The third kappa shape index (κ3) is 2.88. The van der Waals surface area contributed by atoms with Gasteiger partial charge in [0, 0.05) is 37.1 Å². The van der Waals surface area contributed by atoms with E-state index in [4.69, 9.17) is 14.6 Å². The fourth-order valence-electron chi connectivity index (χ4n) is 3.03. The first kappa shape index (κ1) is 15.4. The van der Waals surface area contributed by atoms with Gasteiger partial charge in [0.05, 0.1) is 6.61 Å². The summed E-state index contributed by atoms with van der Waals surface area (Å²) >= 11 is 0. The molecule has 1 spiro atoms. The largest absolute Gasteiger partial charge is 0.490 e. The summed E-state index contributed by atoms with van der Waals surface area (Å²) in [5, 5.41) is 9.07. The van der Waals surface area contributed by atoms with Crippen molar-refractivity contribution in [2.24, 2.45) is 0 Å². The van der Waals surface area contributed by atoms with Crippen LogP contribution in [0.25, 0.3) is 6.08 Å². The number of carboxylic acid groups (broad SMARTS) is 1. The van der Waals surface area contributed by atoms with Gasteiger partial charge in [0.15, 0.2) is 11.5 Å². The van der Waals surface area contributed by atoms with Crippen molar-refractivity contribution < 1.29 is 24.2 Å². The maximum absolute atomic E-state index is 11.1. The highest BCUT2D eigenvalue weighted by Crippen LogP contribution is 2.43. The lowest BCUT2D eigenvalue weighted by Crippen LogP contribution is -2.49. The number of ether oxygens (including phenoxy) is 2. The molecule has 1 fully saturated rings. The molecule has 1 aromatic rings. The number of piperidine rings is 1. The van der Waals surface area contributed by atoms with Gasteiger partial charge in [-0.2, -0.15) is 0 Å². The lowest BCUT2D eigenvalue weighted by atomic mass is 9.88. The molecule has 2 aliphatic heterocycles. The lowest BCUT2D eigenvalue weighted by Gasteiger charge is -2.41. The van der Waals surface area contributed by atoms with Crippen molar-refractivity contribution >= 4 is 18.5 Å². The molecule has 1 saturated heterocycles. The zero-order valence-corrected chi connectivity index (χ0v) is 12.9. The summed E-state index contributed by atoms with van der Waals surface area (Å²) in [7, 11) is 0. The van der Waals surface area contributed by atoms with Crippen LogP contribution in [0.1, 0.15) is 35.7 Å². The van der Waals surface area contributed by atoms with Gasteiger partial charge in [0.25, 0.3) is 0 Å². The normalized spacial score (nSPS) is 18.2. The molecule has 0 aliphatic carbocycles. The van der Waals surface area contributed by atoms with Crippen molar-refractivity contribution in [3.63, 3.8) is 0 Å². The predicted molar refractivity (Wildman–Crippen MR) is 84.2 cm³/mol. The molecular formula is C17H19NO5. The molecule has 0 aromatic heterocycles. The fraction of sp³-hybridized carbons (Fsp3) is 0.412. The molecule has 1 N–H and O–H groups in total. The molecule has 23 heavy (non-hydrogen) atoms. The summed E-state index contributed by atoms with van der Waals surface area (Å²) in [5.74, 6) is 1.18. The Hall–Kier alpha value is -2.50. The van der Waals surface area contributed by atoms with E-state index in [9.17, 15) is 9.59 Å². The molecule has 2 heterocycles. The Morgan fingerprint density at radius 2 is 2.17 bits per heavy atom. The lowest BCUT2D eigenvalue weighted by molar-refractivity contribution is 0.0377. The second kappa shape index (κ2) is 5.95. The summed E-state index contributed by atoms with van der Waals surface area (Å²) in [6.45, 7) is 3.22. The van der Waals surface area contributed by atoms with Crippen LogP contribution in [0.3, 0.4) is 0 Å². The zero-order valence-electron chi connectivity index (χ0n) is 12.9. The minimum Gasteiger partial charge on any atom is -0.490 e. The number of aldehydes is 1. The minimum atomic E-state index is -0.898.